The van der Waals surface area contributed by atoms with E-state index in [1.165, 1.54) is 4.57 Å². The van der Waals surface area contributed by atoms with E-state index < -0.39 is 0 Å². The molecule has 0 fully saturated rings. The topological polar surface area (TPSA) is 96.7 Å². The molecular weight excluding hydrogens is 270 g/mol. The average molecular weight is 287 g/mol. The van der Waals surface area contributed by atoms with Crippen LogP contribution in [0.1, 0.15) is 6.42 Å². The van der Waals surface area contributed by atoms with Crippen LogP contribution in [0.3, 0.4) is 0 Å². The zero-order chi connectivity index (χ0) is 15.2. The van der Waals surface area contributed by atoms with Crippen molar-refractivity contribution in [3.05, 3.63) is 53.1 Å². The lowest BCUT2D eigenvalue weighted by atomic mass is 10.2. The first kappa shape index (κ1) is 14.6. The van der Waals surface area contributed by atoms with Crippen LogP contribution in [0, 0.1) is 0 Å². The number of aromatic nitrogens is 2. The summed E-state index contributed by atoms with van der Waals surface area (Å²) in [6.07, 6.45) is 3.47. The second kappa shape index (κ2) is 6.56. The molecule has 0 aliphatic rings. The molecule has 110 valence electrons. The second-order valence-electron chi connectivity index (χ2n) is 4.50. The fraction of sp³-hybridized carbons (Fsp3) is 0.214. The molecule has 0 amide bonds. The molecule has 2 aromatic rings. The predicted molar refractivity (Wildman–Crippen MR) is 81.0 cm³/mol. The van der Waals surface area contributed by atoms with E-state index in [2.05, 4.69) is 10.1 Å². The highest BCUT2D eigenvalue weighted by atomic mass is 16.4. The van der Waals surface area contributed by atoms with Crippen LogP contribution in [0.5, 0.6) is 0 Å². The molecule has 0 radical (unpaired) electrons. The van der Waals surface area contributed by atoms with Gasteiger partial charge in [0.15, 0.2) is 5.82 Å². The van der Waals surface area contributed by atoms with Crippen LogP contribution in [0.15, 0.2) is 52.7 Å². The van der Waals surface area contributed by atoms with Gasteiger partial charge in [0.25, 0.3) is 5.56 Å². The summed E-state index contributed by atoms with van der Waals surface area (Å²) in [5, 5.41) is 11.6. The lowest BCUT2D eigenvalue weighted by Gasteiger charge is -2.23. The molecule has 21 heavy (non-hydrogen) atoms. The summed E-state index contributed by atoms with van der Waals surface area (Å²) < 4.78 is 1.46. The van der Waals surface area contributed by atoms with Crippen LogP contribution in [0.2, 0.25) is 0 Å². The van der Waals surface area contributed by atoms with Gasteiger partial charge in [-0.15, -0.1) is 0 Å². The number of nitrogens with two attached hydrogens (primary N) is 1. The van der Waals surface area contributed by atoms with Crippen molar-refractivity contribution >= 4 is 17.3 Å². The standard InChI is InChI=1S/C14H17N5O2/c1-18-10-8-16-13(14(18)20)19(9-7-12(15)17-21)11-5-3-2-4-6-11/h2-6,8,10,21H,7,9H2,1H3,(H2,15,17). The first-order valence-corrected chi connectivity index (χ1v) is 6.44. The van der Waals surface area contributed by atoms with Crippen molar-refractivity contribution in [2.24, 2.45) is 17.9 Å². The van der Waals surface area contributed by atoms with E-state index in [4.69, 9.17) is 10.9 Å². The lowest BCUT2D eigenvalue weighted by Crippen LogP contribution is -2.31. The summed E-state index contributed by atoms with van der Waals surface area (Å²) in [4.78, 5) is 18.2. The molecule has 1 heterocycles. The second-order valence-corrected chi connectivity index (χ2v) is 4.50. The summed E-state index contributed by atoms with van der Waals surface area (Å²) in [5.74, 6) is 0.403. The Morgan fingerprint density at radius 3 is 2.81 bits per heavy atom. The molecule has 1 aromatic carbocycles. The zero-order valence-corrected chi connectivity index (χ0v) is 11.7. The smallest absolute Gasteiger partial charge is 0.293 e. The van der Waals surface area contributed by atoms with Crippen LogP contribution in [-0.2, 0) is 7.05 Å². The van der Waals surface area contributed by atoms with Crippen molar-refractivity contribution in [1.29, 1.82) is 0 Å². The van der Waals surface area contributed by atoms with Crippen LogP contribution in [0.4, 0.5) is 11.5 Å². The molecule has 3 N–H and O–H groups in total. The minimum atomic E-state index is -0.208. The van der Waals surface area contributed by atoms with Gasteiger partial charge in [-0.3, -0.25) is 4.79 Å². The molecule has 0 bridgehead atoms. The van der Waals surface area contributed by atoms with E-state index in [-0.39, 0.29) is 11.4 Å². The number of aryl methyl sites for hydroxylation is 1. The van der Waals surface area contributed by atoms with E-state index in [1.807, 2.05) is 30.3 Å². The summed E-state index contributed by atoms with van der Waals surface area (Å²) in [6.45, 7) is 0.381. The summed E-state index contributed by atoms with van der Waals surface area (Å²) in [6, 6.07) is 9.39. The van der Waals surface area contributed by atoms with E-state index in [0.29, 0.717) is 18.8 Å². The van der Waals surface area contributed by atoms with E-state index in [0.717, 1.165) is 5.69 Å². The van der Waals surface area contributed by atoms with Gasteiger partial charge < -0.3 is 20.4 Å². The molecular formula is C14H17N5O2. The van der Waals surface area contributed by atoms with Crippen molar-refractivity contribution in [2.75, 3.05) is 11.4 Å². The van der Waals surface area contributed by atoms with Gasteiger partial charge in [-0.2, -0.15) is 0 Å². The number of para-hydroxylation sites is 1. The Hall–Kier alpha value is -2.83. The molecule has 0 atom stereocenters. The summed E-state index contributed by atoms with van der Waals surface area (Å²) in [7, 11) is 1.67. The molecule has 0 unspecified atom stereocenters. The maximum Gasteiger partial charge on any atom is 0.293 e. The van der Waals surface area contributed by atoms with E-state index in [1.54, 1.807) is 24.3 Å². The lowest BCUT2D eigenvalue weighted by molar-refractivity contribution is 0.317. The Labute approximate surface area is 122 Å². The maximum atomic E-state index is 12.2. The Morgan fingerprint density at radius 2 is 2.14 bits per heavy atom. The average Bonchev–Trinajstić information content (AvgIpc) is 2.52. The quantitative estimate of drug-likeness (QED) is 0.371. The van der Waals surface area contributed by atoms with Gasteiger partial charge in [-0.25, -0.2) is 4.98 Å². The zero-order valence-electron chi connectivity index (χ0n) is 11.7. The summed E-state index contributed by atoms with van der Waals surface area (Å²) in [5.41, 5.74) is 6.13. The van der Waals surface area contributed by atoms with Gasteiger partial charge in [0, 0.05) is 38.1 Å². The fourth-order valence-electron chi connectivity index (χ4n) is 1.91. The van der Waals surface area contributed by atoms with Crippen molar-refractivity contribution in [1.82, 2.24) is 9.55 Å². The largest absolute Gasteiger partial charge is 0.409 e. The number of oxime groups is 1. The van der Waals surface area contributed by atoms with Crippen LogP contribution in [0.25, 0.3) is 0 Å². The molecule has 0 aliphatic heterocycles. The van der Waals surface area contributed by atoms with Crippen molar-refractivity contribution in [3.63, 3.8) is 0 Å². The SMILES string of the molecule is Cn1ccnc(N(CCC(N)=NO)c2ccccc2)c1=O. The Bertz CT molecular complexity index is 681. The molecule has 0 saturated heterocycles. The van der Waals surface area contributed by atoms with Crippen molar-refractivity contribution in [2.45, 2.75) is 6.42 Å². The molecule has 1 aromatic heterocycles. The van der Waals surface area contributed by atoms with Crippen molar-refractivity contribution in [3.8, 4) is 0 Å². The molecule has 0 spiro atoms. The third-order valence-corrected chi connectivity index (χ3v) is 3.04. The number of nitrogens with zero attached hydrogens (tertiary/aromatic N) is 4. The van der Waals surface area contributed by atoms with Gasteiger partial charge in [0.05, 0.1) is 0 Å². The normalized spacial score (nSPS) is 11.4. The number of hydrogen-bond acceptors (Lipinski definition) is 5. The first-order valence-electron chi connectivity index (χ1n) is 6.44. The molecule has 2 rings (SSSR count). The Kier molecular flexibility index (Phi) is 4.55. The van der Waals surface area contributed by atoms with Gasteiger partial charge in [0.1, 0.15) is 5.84 Å². The monoisotopic (exact) mass is 287 g/mol. The number of rotatable bonds is 5. The third kappa shape index (κ3) is 3.38. The highest BCUT2D eigenvalue weighted by molar-refractivity contribution is 5.80. The summed E-state index contributed by atoms with van der Waals surface area (Å²) >= 11 is 0. The van der Waals surface area contributed by atoms with Gasteiger partial charge in [-0.1, -0.05) is 23.4 Å². The number of benzene rings is 1. The molecule has 0 saturated carbocycles. The minimum absolute atomic E-state index is 0.101. The molecule has 7 nitrogen and oxygen atoms in total. The predicted octanol–water partition coefficient (Wildman–Crippen LogP) is 1.05. The van der Waals surface area contributed by atoms with Crippen LogP contribution < -0.4 is 16.2 Å². The fourth-order valence-corrected chi connectivity index (χ4v) is 1.91. The number of amidine groups is 1. The Morgan fingerprint density at radius 1 is 1.43 bits per heavy atom. The van der Waals surface area contributed by atoms with Crippen LogP contribution in [-0.4, -0.2) is 27.1 Å². The molecule has 7 heteroatoms. The van der Waals surface area contributed by atoms with Crippen LogP contribution >= 0.6 is 0 Å². The molecule has 0 aliphatic carbocycles. The minimum Gasteiger partial charge on any atom is -0.409 e. The Balaban J connectivity index is 2.41. The van der Waals surface area contributed by atoms with Gasteiger partial charge >= 0.3 is 0 Å². The van der Waals surface area contributed by atoms with Crippen molar-refractivity contribution < 1.29 is 5.21 Å². The van der Waals surface area contributed by atoms with Gasteiger partial charge in [-0.05, 0) is 12.1 Å². The highest BCUT2D eigenvalue weighted by Gasteiger charge is 2.15. The number of hydrogen-bond donors (Lipinski definition) is 2. The van der Waals surface area contributed by atoms with E-state index in [9.17, 15) is 4.79 Å². The van der Waals surface area contributed by atoms with Gasteiger partial charge in [0.2, 0.25) is 0 Å². The highest BCUT2D eigenvalue weighted by Crippen LogP contribution is 2.20. The third-order valence-electron chi connectivity index (χ3n) is 3.04. The van der Waals surface area contributed by atoms with E-state index >= 15 is 0 Å². The maximum absolute atomic E-state index is 12.2. The first-order chi connectivity index (χ1) is 10.1. The number of anilines is 2.